The Kier molecular flexibility index (Phi) is 13.4. The maximum Gasteiger partial charge on any atom is 0.334 e. The molecule has 2 fully saturated rings. The second-order valence-corrected chi connectivity index (χ2v) is 19.0. The number of anilines is 1. The van der Waals surface area contributed by atoms with E-state index in [2.05, 4.69) is 17.2 Å². The largest absolute Gasteiger partial charge is 0.508 e. The zero-order valence-corrected chi connectivity index (χ0v) is 37.0. The summed E-state index contributed by atoms with van der Waals surface area (Å²) in [6.45, 7) is 3.93. The first-order chi connectivity index (χ1) is 30.7. The van der Waals surface area contributed by atoms with Crippen molar-refractivity contribution in [2.45, 2.75) is 126 Å². The van der Waals surface area contributed by atoms with Crippen LogP contribution >= 0.6 is 0 Å². The smallest absolute Gasteiger partial charge is 0.334 e. The number of aliphatic hydroxyl groups excluding tert-OH is 2. The van der Waals surface area contributed by atoms with Gasteiger partial charge in [0.1, 0.15) is 29.0 Å². The summed E-state index contributed by atoms with van der Waals surface area (Å²) in [6.07, 6.45) is 2.62. The predicted octanol–water partition coefficient (Wildman–Crippen LogP) is 5.97. The number of benzene rings is 3. The third kappa shape index (κ3) is 9.51. The van der Waals surface area contributed by atoms with Crippen LogP contribution in [0.1, 0.15) is 110 Å². The lowest BCUT2D eigenvalue weighted by molar-refractivity contribution is -0.212. The van der Waals surface area contributed by atoms with Gasteiger partial charge in [0, 0.05) is 80.7 Å². The van der Waals surface area contributed by atoms with Crippen LogP contribution in [0.25, 0.3) is 0 Å². The van der Waals surface area contributed by atoms with Gasteiger partial charge in [0.05, 0.1) is 30.7 Å². The quantitative estimate of drug-likeness (QED) is 0.0841. The molecule has 12 nitrogen and oxygen atoms in total. The fraction of sp³-hybridized carbons (Fsp3) is 0.519. The van der Waals surface area contributed by atoms with E-state index in [1.165, 1.54) is 12.1 Å². The number of Topliss-reactive ketones (excluding diaryl/α,β-unsaturated/α-hetero) is 1. The molecule has 10 atom stereocenters. The van der Waals surface area contributed by atoms with Crippen molar-refractivity contribution >= 4 is 23.4 Å². The summed E-state index contributed by atoms with van der Waals surface area (Å²) < 4.78 is 17.5. The first-order valence-electron chi connectivity index (χ1n) is 22.9. The van der Waals surface area contributed by atoms with Gasteiger partial charge in [-0.2, -0.15) is 0 Å². The SMILES string of the molecule is CC[C@H]1CC[C@@H]2[C@@H]3Cc4cccc(c4)C[C@H](O)/C=C4/C[C@H](c5cc(CO)cc(NC[C@@](C)(O)CCOC)c5)C#C[C@@H]5CC(=O)Oc6cc(O)c(cc65)C[C@@H](OC4=O)[C@@]1(O)[C@H]2CCC3=O. The molecule has 3 aromatic rings. The normalized spacial score (nSPS) is 30.8. The van der Waals surface area contributed by atoms with Gasteiger partial charge < -0.3 is 45.1 Å². The number of aromatic hydroxyl groups is 1. The minimum absolute atomic E-state index is 0.0549. The number of aliphatic hydroxyl groups is 4. The molecule has 5 aliphatic rings. The lowest BCUT2D eigenvalue weighted by atomic mass is 9.53. The van der Waals surface area contributed by atoms with E-state index in [9.17, 15) is 35.1 Å². The minimum atomic E-state index is -1.61. The summed E-state index contributed by atoms with van der Waals surface area (Å²) in [5.41, 5.74) is 1.92. The highest BCUT2D eigenvalue weighted by Crippen LogP contribution is 2.54. The van der Waals surface area contributed by atoms with E-state index < -0.39 is 53.1 Å². The zero-order chi connectivity index (χ0) is 45.3. The van der Waals surface area contributed by atoms with E-state index in [1.807, 2.05) is 37.3 Å². The predicted molar refractivity (Wildman–Crippen MR) is 238 cm³/mol. The minimum Gasteiger partial charge on any atom is -0.508 e. The molecule has 0 saturated heterocycles. The van der Waals surface area contributed by atoms with Crippen LogP contribution in [0.4, 0.5) is 5.69 Å². The molecule has 8 rings (SSSR count). The Morgan fingerprint density at radius 1 is 0.953 bits per heavy atom. The Morgan fingerprint density at radius 3 is 2.50 bits per heavy atom. The molecule has 0 unspecified atom stereocenters. The summed E-state index contributed by atoms with van der Waals surface area (Å²) >= 11 is 0. The number of phenols is 1. The fourth-order valence-corrected chi connectivity index (χ4v) is 11.2. The molecule has 340 valence electrons. The Hall–Kier alpha value is -5.03. The molecule has 12 heteroatoms. The molecular weight excluding hydrogens is 815 g/mol. The Bertz CT molecular complexity index is 2360. The van der Waals surface area contributed by atoms with Crippen LogP contribution in [0.5, 0.6) is 11.5 Å². The number of carbonyl (C=O) groups is 3. The highest BCUT2D eigenvalue weighted by Gasteiger charge is 2.59. The van der Waals surface area contributed by atoms with E-state index in [0.29, 0.717) is 66.7 Å². The van der Waals surface area contributed by atoms with Gasteiger partial charge >= 0.3 is 11.9 Å². The number of fused-ring (bicyclic) bond motifs is 7. The van der Waals surface area contributed by atoms with E-state index in [1.54, 1.807) is 32.2 Å². The number of methoxy groups -OCH3 is 1. The van der Waals surface area contributed by atoms with Crippen molar-refractivity contribution in [2.75, 3.05) is 25.6 Å². The summed E-state index contributed by atoms with van der Waals surface area (Å²) in [4.78, 5) is 42.1. The molecule has 2 aliphatic carbocycles. The van der Waals surface area contributed by atoms with E-state index >= 15 is 4.79 Å². The van der Waals surface area contributed by atoms with Crippen LogP contribution in [0.2, 0.25) is 0 Å². The van der Waals surface area contributed by atoms with Gasteiger partial charge in [-0.05, 0) is 109 Å². The lowest BCUT2D eigenvalue weighted by Gasteiger charge is -2.56. The average molecular weight is 876 g/mol. The first kappa shape index (κ1) is 45.5. The number of rotatable bonds is 9. The van der Waals surface area contributed by atoms with Crippen molar-refractivity contribution in [3.63, 3.8) is 0 Å². The number of esters is 2. The molecule has 0 aromatic heterocycles. The number of hydrogen-bond acceptors (Lipinski definition) is 12. The number of hydrogen-bond donors (Lipinski definition) is 6. The molecule has 3 aromatic carbocycles. The van der Waals surface area contributed by atoms with Crippen molar-refractivity contribution in [3.05, 3.63) is 99.6 Å². The van der Waals surface area contributed by atoms with Crippen molar-refractivity contribution < 1.29 is 54.1 Å². The molecule has 6 N–H and O–H groups in total. The summed E-state index contributed by atoms with van der Waals surface area (Å²) in [6, 6.07) is 16.4. The highest BCUT2D eigenvalue weighted by molar-refractivity contribution is 5.89. The van der Waals surface area contributed by atoms with Crippen LogP contribution in [0, 0.1) is 35.5 Å². The number of carbonyl (C=O) groups excluding carboxylic acids is 3. The topological polar surface area (TPSA) is 192 Å². The number of ether oxygens (including phenoxy) is 3. The Balaban J connectivity index is 1.31. The van der Waals surface area contributed by atoms with Crippen LogP contribution < -0.4 is 10.1 Å². The van der Waals surface area contributed by atoms with Gasteiger partial charge in [-0.25, -0.2) is 4.79 Å². The molecule has 10 bridgehead atoms. The molecule has 3 heterocycles. The monoisotopic (exact) mass is 875 g/mol. The molecule has 0 radical (unpaired) electrons. The highest BCUT2D eigenvalue weighted by atomic mass is 16.6. The molecular formula is C52H61NO11. The zero-order valence-electron chi connectivity index (χ0n) is 37.0. The van der Waals surface area contributed by atoms with E-state index in [-0.39, 0.29) is 85.9 Å². The first-order valence-corrected chi connectivity index (χ1v) is 22.9. The van der Waals surface area contributed by atoms with Crippen LogP contribution in [-0.4, -0.2) is 86.9 Å². The second kappa shape index (κ2) is 18.8. The van der Waals surface area contributed by atoms with Crippen LogP contribution in [0.3, 0.4) is 0 Å². The number of ketones is 1. The summed E-state index contributed by atoms with van der Waals surface area (Å²) in [7, 11) is 1.57. The maximum atomic E-state index is 15.2. The van der Waals surface area contributed by atoms with Crippen LogP contribution in [-0.2, 0) is 49.7 Å². The maximum absolute atomic E-state index is 15.2. The molecule has 2 saturated carbocycles. The lowest BCUT2D eigenvalue weighted by Crippen LogP contribution is -2.63. The number of phenolic OH excluding ortho intramolecular Hbond substituents is 1. The van der Waals surface area contributed by atoms with Crippen molar-refractivity contribution in [3.8, 4) is 23.3 Å². The Morgan fingerprint density at radius 2 is 1.73 bits per heavy atom. The van der Waals surface area contributed by atoms with Gasteiger partial charge in [0.2, 0.25) is 0 Å². The Labute approximate surface area is 375 Å². The average Bonchev–Trinajstić information content (AvgIpc) is 3.27. The molecule has 0 spiro atoms. The summed E-state index contributed by atoms with van der Waals surface area (Å²) in [5.74, 6) is 2.90. The van der Waals surface area contributed by atoms with Crippen LogP contribution in [0.15, 0.2) is 66.2 Å². The molecule has 3 aliphatic heterocycles. The van der Waals surface area contributed by atoms with Crippen molar-refractivity contribution in [1.29, 1.82) is 0 Å². The van der Waals surface area contributed by atoms with Gasteiger partial charge in [-0.1, -0.05) is 55.5 Å². The van der Waals surface area contributed by atoms with Crippen molar-refractivity contribution in [1.82, 2.24) is 0 Å². The van der Waals surface area contributed by atoms with Gasteiger partial charge in [0.15, 0.2) is 0 Å². The molecule has 0 amide bonds. The second-order valence-electron chi connectivity index (χ2n) is 19.0. The fourth-order valence-electron chi connectivity index (χ4n) is 11.2. The third-order valence-electron chi connectivity index (χ3n) is 14.6. The standard InChI is InChI=1S/C52H61NO11/c1-4-38-10-11-41-43-20-31-7-5-6-30(16-31)19-40(55)23-37-21-33(35-17-32(28-54)18-39(22-35)53-29-51(2,60)14-15-62-3)8-9-34-26-49(58)63-47-27-46(57)36(24-42(34)47)25-48(64-50(37)59)52(38,61)44(41)12-13-45(43)56/h5-7,16-18,22-24,27,33-34,38,40-41,43-44,48,53-55,57,60-61H,4,10-15,19-21,25-26,28-29H2,1-3H3/b37-23-/t33-,34-,38+,40+,41-,43+,44+,48-,51+,52+/m1/s1. The summed E-state index contributed by atoms with van der Waals surface area (Å²) in [5, 5.41) is 61.9. The van der Waals surface area contributed by atoms with E-state index in [4.69, 9.17) is 14.2 Å². The van der Waals surface area contributed by atoms with Crippen molar-refractivity contribution in [2.24, 2.45) is 23.7 Å². The third-order valence-corrected chi connectivity index (χ3v) is 14.6. The van der Waals surface area contributed by atoms with Gasteiger partial charge in [-0.15, -0.1) is 0 Å². The van der Waals surface area contributed by atoms with E-state index in [0.717, 1.165) is 17.5 Å². The van der Waals surface area contributed by atoms with Gasteiger partial charge in [0.25, 0.3) is 0 Å². The number of nitrogens with one attached hydrogen (secondary N) is 1. The molecule has 64 heavy (non-hydrogen) atoms. The van der Waals surface area contributed by atoms with Gasteiger partial charge in [-0.3, -0.25) is 9.59 Å².